The van der Waals surface area contributed by atoms with Crippen LogP contribution in [-0.4, -0.2) is 17.6 Å². The summed E-state index contributed by atoms with van der Waals surface area (Å²) in [7, 11) is 0. The fourth-order valence-electron chi connectivity index (χ4n) is 3.44. The van der Waals surface area contributed by atoms with Gasteiger partial charge in [-0.2, -0.15) is 0 Å². The summed E-state index contributed by atoms with van der Waals surface area (Å²) >= 11 is 5.01. The van der Waals surface area contributed by atoms with Crippen LogP contribution < -0.4 is 10.2 Å². The van der Waals surface area contributed by atoms with E-state index in [-0.39, 0.29) is 17.2 Å². The van der Waals surface area contributed by atoms with Crippen molar-refractivity contribution in [2.45, 2.75) is 18.7 Å². The molecular weight excluding hydrogens is 460 g/mol. The number of hydrogen-bond acceptors (Lipinski definition) is 3. The molecule has 1 atom stereocenters. The molecule has 0 aliphatic carbocycles. The van der Waals surface area contributed by atoms with Gasteiger partial charge in [-0.05, 0) is 60.0 Å². The molecule has 1 aliphatic heterocycles. The first-order valence-corrected chi connectivity index (χ1v) is 11.6. The summed E-state index contributed by atoms with van der Waals surface area (Å²) in [6, 6.07) is 23.2. The number of nitrogens with zero attached hydrogens (tertiary/aromatic N) is 1. The summed E-state index contributed by atoms with van der Waals surface area (Å²) in [5, 5.41) is 2.85. The summed E-state index contributed by atoms with van der Waals surface area (Å²) in [6.07, 6.45) is 0.931. The second-order valence-electron chi connectivity index (χ2n) is 7.04. The van der Waals surface area contributed by atoms with Crippen molar-refractivity contribution in [2.75, 3.05) is 16.0 Å². The molecule has 0 saturated carbocycles. The van der Waals surface area contributed by atoms with Gasteiger partial charge < -0.3 is 5.32 Å². The Hall–Kier alpha value is -2.57. The number of benzene rings is 3. The highest BCUT2D eigenvalue weighted by atomic mass is 79.9. The first-order valence-electron chi connectivity index (χ1n) is 9.74. The van der Waals surface area contributed by atoms with Gasteiger partial charge in [-0.15, -0.1) is 11.8 Å². The number of thioether (sulfide) groups is 1. The Morgan fingerprint density at radius 1 is 1.10 bits per heavy atom. The molecule has 1 heterocycles. The summed E-state index contributed by atoms with van der Waals surface area (Å²) in [5.74, 6) is 0.417. The molecule has 2 amide bonds. The van der Waals surface area contributed by atoms with Gasteiger partial charge in [0.1, 0.15) is 5.37 Å². The second kappa shape index (κ2) is 9.06. The third-order valence-corrected chi connectivity index (χ3v) is 6.71. The van der Waals surface area contributed by atoms with E-state index in [1.165, 1.54) is 5.56 Å². The van der Waals surface area contributed by atoms with Crippen LogP contribution in [0, 0.1) is 0 Å². The fourth-order valence-corrected chi connectivity index (χ4v) is 5.02. The number of halogens is 1. The molecule has 4 nitrogen and oxygen atoms in total. The zero-order chi connectivity index (χ0) is 21.1. The molecular formula is C24H21BrN2O2S. The number of amides is 2. The molecule has 6 heteroatoms. The maximum absolute atomic E-state index is 12.6. The number of rotatable bonds is 5. The second-order valence-corrected chi connectivity index (χ2v) is 9.02. The summed E-state index contributed by atoms with van der Waals surface area (Å²) in [6.45, 7) is 2.11. The molecule has 3 aromatic carbocycles. The van der Waals surface area contributed by atoms with E-state index >= 15 is 0 Å². The number of aryl methyl sites for hydroxylation is 1. The number of hydrogen-bond donors (Lipinski definition) is 1. The van der Waals surface area contributed by atoms with Crippen molar-refractivity contribution in [3.05, 3.63) is 94.0 Å². The minimum atomic E-state index is -0.160. The first kappa shape index (κ1) is 20.7. The van der Waals surface area contributed by atoms with E-state index in [1.54, 1.807) is 23.9 Å². The van der Waals surface area contributed by atoms with Crippen molar-refractivity contribution in [1.29, 1.82) is 0 Å². The minimum Gasteiger partial charge on any atom is -0.322 e. The molecule has 1 N–H and O–H groups in total. The van der Waals surface area contributed by atoms with E-state index in [2.05, 4.69) is 40.3 Å². The van der Waals surface area contributed by atoms with Crippen LogP contribution in [-0.2, 0) is 11.2 Å². The zero-order valence-corrected chi connectivity index (χ0v) is 18.9. The van der Waals surface area contributed by atoms with Crippen molar-refractivity contribution >= 4 is 50.9 Å². The summed E-state index contributed by atoms with van der Waals surface area (Å²) in [5.41, 5.74) is 4.49. The van der Waals surface area contributed by atoms with Gasteiger partial charge in [0.25, 0.3) is 5.91 Å². The van der Waals surface area contributed by atoms with Gasteiger partial charge in [-0.1, -0.05) is 53.2 Å². The van der Waals surface area contributed by atoms with Gasteiger partial charge in [-0.25, -0.2) is 0 Å². The zero-order valence-electron chi connectivity index (χ0n) is 16.5. The third kappa shape index (κ3) is 4.45. The highest BCUT2D eigenvalue weighted by Gasteiger charge is 2.34. The highest BCUT2D eigenvalue weighted by molar-refractivity contribution is 9.10. The largest absolute Gasteiger partial charge is 0.322 e. The lowest BCUT2D eigenvalue weighted by Gasteiger charge is -2.25. The van der Waals surface area contributed by atoms with Crippen LogP contribution in [0.25, 0.3) is 0 Å². The van der Waals surface area contributed by atoms with Gasteiger partial charge in [0, 0.05) is 21.4 Å². The molecule has 0 spiro atoms. The Kier molecular flexibility index (Phi) is 6.25. The van der Waals surface area contributed by atoms with Crippen LogP contribution in [0.5, 0.6) is 0 Å². The van der Waals surface area contributed by atoms with Gasteiger partial charge in [0.2, 0.25) is 5.91 Å². The van der Waals surface area contributed by atoms with Crippen molar-refractivity contribution < 1.29 is 9.59 Å². The predicted octanol–water partition coefficient (Wildman–Crippen LogP) is 6.04. The molecule has 1 aliphatic rings. The molecule has 30 heavy (non-hydrogen) atoms. The Labute approximate surface area is 188 Å². The molecule has 3 aromatic rings. The number of anilines is 2. The van der Waals surface area contributed by atoms with Crippen LogP contribution in [0.1, 0.15) is 33.8 Å². The molecule has 0 unspecified atom stereocenters. The molecule has 1 saturated heterocycles. The lowest BCUT2D eigenvalue weighted by molar-refractivity contribution is -0.115. The standard InChI is InChI=1S/C24H21BrN2O2S/c1-2-16-5-3-8-21(13-16)27-22(28)15-30-24(27)17-9-11-20(12-10-17)26-23(29)18-6-4-7-19(25)14-18/h3-14,24H,2,15H2,1H3,(H,26,29)/t24-/m0/s1. The van der Waals surface area contributed by atoms with Gasteiger partial charge in [0.05, 0.1) is 5.75 Å². The van der Waals surface area contributed by atoms with E-state index in [4.69, 9.17) is 0 Å². The lowest BCUT2D eigenvalue weighted by atomic mass is 10.1. The van der Waals surface area contributed by atoms with Crippen LogP contribution in [0.2, 0.25) is 0 Å². The Morgan fingerprint density at radius 3 is 2.60 bits per heavy atom. The number of nitrogens with one attached hydrogen (secondary N) is 1. The summed E-state index contributed by atoms with van der Waals surface area (Å²) < 4.78 is 0.862. The average Bonchev–Trinajstić information content (AvgIpc) is 3.15. The quantitative estimate of drug-likeness (QED) is 0.483. The van der Waals surface area contributed by atoms with Crippen molar-refractivity contribution in [3.63, 3.8) is 0 Å². The fraction of sp³-hybridized carbons (Fsp3) is 0.167. The van der Waals surface area contributed by atoms with E-state index in [1.807, 2.05) is 53.4 Å². The van der Waals surface area contributed by atoms with Gasteiger partial charge in [0.15, 0.2) is 0 Å². The van der Waals surface area contributed by atoms with Crippen molar-refractivity contribution in [2.24, 2.45) is 0 Å². The number of carbonyl (C=O) groups excluding carboxylic acids is 2. The van der Waals surface area contributed by atoms with Crippen LogP contribution in [0.3, 0.4) is 0 Å². The first-order chi connectivity index (χ1) is 14.5. The average molecular weight is 481 g/mol. The minimum absolute atomic E-state index is 0.0700. The van der Waals surface area contributed by atoms with E-state index in [0.717, 1.165) is 27.8 Å². The molecule has 0 radical (unpaired) electrons. The maximum atomic E-state index is 12.6. The smallest absolute Gasteiger partial charge is 0.255 e. The molecule has 0 bridgehead atoms. The highest BCUT2D eigenvalue weighted by Crippen LogP contribution is 2.42. The van der Waals surface area contributed by atoms with E-state index in [0.29, 0.717) is 11.3 Å². The maximum Gasteiger partial charge on any atom is 0.255 e. The van der Waals surface area contributed by atoms with Crippen molar-refractivity contribution in [3.8, 4) is 0 Å². The Morgan fingerprint density at radius 2 is 1.87 bits per heavy atom. The molecule has 4 rings (SSSR count). The number of carbonyl (C=O) groups is 2. The van der Waals surface area contributed by atoms with Crippen molar-refractivity contribution in [1.82, 2.24) is 0 Å². The Balaban J connectivity index is 1.52. The van der Waals surface area contributed by atoms with Gasteiger partial charge >= 0.3 is 0 Å². The van der Waals surface area contributed by atoms with Gasteiger partial charge in [-0.3, -0.25) is 14.5 Å². The van der Waals surface area contributed by atoms with E-state index in [9.17, 15) is 9.59 Å². The SMILES string of the molecule is CCc1cccc(N2C(=O)CS[C@H]2c2ccc(NC(=O)c3cccc(Br)c3)cc2)c1. The van der Waals surface area contributed by atoms with Crippen LogP contribution >= 0.6 is 27.7 Å². The summed E-state index contributed by atoms with van der Waals surface area (Å²) in [4.78, 5) is 26.9. The van der Waals surface area contributed by atoms with Crippen LogP contribution in [0.15, 0.2) is 77.3 Å². The predicted molar refractivity (Wildman–Crippen MR) is 127 cm³/mol. The monoisotopic (exact) mass is 480 g/mol. The normalized spacial score (nSPS) is 16.0. The topological polar surface area (TPSA) is 49.4 Å². The third-order valence-electron chi connectivity index (χ3n) is 5.01. The van der Waals surface area contributed by atoms with Crippen LogP contribution in [0.4, 0.5) is 11.4 Å². The Bertz CT molecular complexity index is 1080. The molecule has 1 fully saturated rings. The molecule has 0 aromatic heterocycles. The van der Waals surface area contributed by atoms with E-state index < -0.39 is 0 Å². The molecule has 152 valence electrons. The lowest BCUT2D eigenvalue weighted by Crippen LogP contribution is -2.27.